The van der Waals surface area contributed by atoms with Gasteiger partial charge in [-0.25, -0.2) is 0 Å². The molecule has 1 aliphatic rings. The van der Waals surface area contributed by atoms with Gasteiger partial charge in [0, 0.05) is 6.54 Å². The van der Waals surface area contributed by atoms with Crippen LogP contribution in [0.15, 0.2) is 0 Å². The van der Waals surface area contributed by atoms with Crippen LogP contribution in [0, 0.1) is 11.8 Å². The van der Waals surface area contributed by atoms with Crippen LogP contribution in [0.1, 0.15) is 32.6 Å². The molecule has 3 N–H and O–H groups in total. The van der Waals surface area contributed by atoms with E-state index in [-0.39, 0.29) is 11.8 Å². The zero-order valence-corrected chi connectivity index (χ0v) is 12.3. The highest BCUT2D eigenvalue weighted by Crippen LogP contribution is 2.15. The van der Waals surface area contributed by atoms with Crippen molar-refractivity contribution in [2.75, 3.05) is 26.7 Å². The Balaban J connectivity index is 2.33. The average molecular weight is 271 g/mol. The lowest BCUT2D eigenvalue weighted by molar-refractivity contribution is -0.123. The molecule has 1 aliphatic heterocycles. The summed E-state index contributed by atoms with van der Waals surface area (Å²) in [6, 6.07) is 0. The van der Waals surface area contributed by atoms with Gasteiger partial charge in [-0.15, -0.1) is 0 Å². The summed E-state index contributed by atoms with van der Waals surface area (Å²) in [5, 5.41) is 3.01. The minimum Gasteiger partial charge on any atom is -0.393 e. The predicted molar refractivity (Wildman–Crippen MR) is 78.4 cm³/mol. The molecule has 0 aromatic rings. The summed E-state index contributed by atoms with van der Waals surface area (Å²) < 4.78 is 0. The molecule has 0 bridgehead atoms. The second-order valence-electron chi connectivity index (χ2n) is 5.24. The van der Waals surface area contributed by atoms with Crippen molar-refractivity contribution < 1.29 is 4.79 Å². The number of hydrogen-bond donors (Lipinski definition) is 2. The molecule has 0 spiro atoms. The molecule has 0 aromatic carbocycles. The third kappa shape index (κ3) is 4.90. The van der Waals surface area contributed by atoms with Crippen LogP contribution in [0.25, 0.3) is 0 Å². The first-order valence-corrected chi connectivity index (χ1v) is 7.21. The summed E-state index contributed by atoms with van der Waals surface area (Å²) in [5.74, 6) is 0.304. The summed E-state index contributed by atoms with van der Waals surface area (Å²) in [4.78, 5) is 14.6. The zero-order chi connectivity index (χ0) is 13.5. The second-order valence-corrected chi connectivity index (χ2v) is 5.71. The van der Waals surface area contributed by atoms with Crippen molar-refractivity contribution in [3.63, 3.8) is 0 Å². The van der Waals surface area contributed by atoms with Crippen LogP contribution in [-0.4, -0.2) is 42.5 Å². The molecule has 5 heteroatoms. The Bertz CT molecular complexity index is 288. The van der Waals surface area contributed by atoms with E-state index in [0.717, 1.165) is 45.3 Å². The standard InChI is InChI=1S/C13H25N3OS/c1-3-4-11(12(14)18)13(17)15-9-10-5-7-16(2)8-6-10/h10-11H,3-9H2,1-2H3,(H2,14,18)(H,15,17). The van der Waals surface area contributed by atoms with Gasteiger partial charge in [0.1, 0.15) is 0 Å². The number of carbonyl (C=O) groups is 1. The number of rotatable bonds is 6. The molecular formula is C13H25N3OS. The molecule has 1 fully saturated rings. The van der Waals surface area contributed by atoms with Crippen molar-refractivity contribution in [3.8, 4) is 0 Å². The first-order chi connectivity index (χ1) is 8.54. The Morgan fingerprint density at radius 2 is 2.11 bits per heavy atom. The third-order valence-corrected chi connectivity index (χ3v) is 3.92. The lowest BCUT2D eigenvalue weighted by atomic mass is 9.96. The highest BCUT2D eigenvalue weighted by Gasteiger charge is 2.22. The van der Waals surface area contributed by atoms with Crippen molar-refractivity contribution in [1.29, 1.82) is 0 Å². The maximum Gasteiger partial charge on any atom is 0.229 e. The third-order valence-electron chi connectivity index (χ3n) is 3.64. The summed E-state index contributed by atoms with van der Waals surface area (Å²) in [6.07, 6.45) is 3.98. The van der Waals surface area contributed by atoms with Crippen molar-refractivity contribution in [2.24, 2.45) is 17.6 Å². The molecule has 0 aromatic heterocycles. The maximum absolute atomic E-state index is 12.0. The quantitative estimate of drug-likeness (QED) is 0.712. The molecule has 1 amide bonds. The van der Waals surface area contributed by atoms with Crippen molar-refractivity contribution >= 4 is 23.1 Å². The van der Waals surface area contributed by atoms with Gasteiger partial charge in [0.05, 0.1) is 10.9 Å². The Morgan fingerprint density at radius 3 is 2.61 bits per heavy atom. The van der Waals surface area contributed by atoms with Gasteiger partial charge < -0.3 is 16.0 Å². The Kier molecular flexibility index (Phi) is 6.57. The van der Waals surface area contributed by atoms with E-state index in [2.05, 4.69) is 17.3 Å². The molecule has 0 saturated carbocycles. The van der Waals surface area contributed by atoms with Gasteiger partial charge in [-0.1, -0.05) is 25.6 Å². The van der Waals surface area contributed by atoms with Gasteiger partial charge in [-0.2, -0.15) is 0 Å². The van der Waals surface area contributed by atoms with Gasteiger partial charge in [-0.3, -0.25) is 4.79 Å². The van der Waals surface area contributed by atoms with Crippen molar-refractivity contribution in [1.82, 2.24) is 10.2 Å². The number of likely N-dealkylation sites (tertiary alicyclic amines) is 1. The first-order valence-electron chi connectivity index (χ1n) is 6.80. The minimum atomic E-state index is -0.295. The predicted octanol–water partition coefficient (Wildman–Crippen LogP) is 1.15. The molecule has 18 heavy (non-hydrogen) atoms. The molecule has 0 radical (unpaired) electrons. The van der Waals surface area contributed by atoms with E-state index in [4.69, 9.17) is 18.0 Å². The number of nitrogens with zero attached hydrogens (tertiary/aromatic N) is 1. The van der Waals surface area contributed by atoms with Crippen LogP contribution < -0.4 is 11.1 Å². The summed E-state index contributed by atoms with van der Waals surface area (Å²) in [6.45, 7) is 5.04. The number of thiocarbonyl (C=S) groups is 1. The van der Waals surface area contributed by atoms with Crippen LogP contribution in [0.2, 0.25) is 0 Å². The normalized spacial score (nSPS) is 19.4. The number of nitrogens with one attached hydrogen (secondary N) is 1. The van der Waals surface area contributed by atoms with Gasteiger partial charge in [0.2, 0.25) is 5.91 Å². The van der Waals surface area contributed by atoms with Crippen molar-refractivity contribution in [3.05, 3.63) is 0 Å². The SMILES string of the molecule is CCCC(C(=O)NCC1CCN(C)CC1)C(N)=S. The summed E-state index contributed by atoms with van der Waals surface area (Å²) in [7, 11) is 2.14. The smallest absolute Gasteiger partial charge is 0.229 e. The molecule has 1 saturated heterocycles. The Labute approximate surface area is 115 Å². The average Bonchev–Trinajstić information content (AvgIpc) is 2.34. The Hall–Kier alpha value is -0.680. The van der Waals surface area contributed by atoms with Gasteiger partial charge in [0.25, 0.3) is 0 Å². The van der Waals surface area contributed by atoms with E-state index >= 15 is 0 Å². The monoisotopic (exact) mass is 271 g/mol. The van der Waals surface area contributed by atoms with Crippen LogP contribution in [-0.2, 0) is 4.79 Å². The highest BCUT2D eigenvalue weighted by atomic mass is 32.1. The molecule has 1 atom stereocenters. The number of nitrogens with two attached hydrogens (primary N) is 1. The molecule has 1 heterocycles. The van der Waals surface area contributed by atoms with Crippen LogP contribution >= 0.6 is 12.2 Å². The molecule has 4 nitrogen and oxygen atoms in total. The van der Waals surface area contributed by atoms with E-state index < -0.39 is 0 Å². The van der Waals surface area contributed by atoms with E-state index in [1.807, 2.05) is 6.92 Å². The van der Waals surface area contributed by atoms with E-state index in [1.54, 1.807) is 0 Å². The molecule has 1 rings (SSSR count). The fraction of sp³-hybridized carbons (Fsp3) is 0.846. The molecule has 0 aliphatic carbocycles. The number of amides is 1. The molecular weight excluding hydrogens is 246 g/mol. The lowest BCUT2D eigenvalue weighted by Gasteiger charge is -2.29. The van der Waals surface area contributed by atoms with Gasteiger partial charge in [0.15, 0.2) is 0 Å². The lowest BCUT2D eigenvalue weighted by Crippen LogP contribution is -2.42. The largest absolute Gasteiger partial charge is 0.393 e. The van der Waals surface area contributed by atoms with Crippen LogP contribution in [0.3, 0.4) is 0 Å². The van der Waals surface area contributed by atoms with Gasteiger partial charge in [-0.05, 0) is 45.3 Å². The first kappa shape index (κ1) is 15.4. The van der Waals surface area contributed by atoms with Crippen LogP contribution in [0.5, 0.6) is 0 Å². The fourth-order valence-electron chi connectivity index (χ4n) is 2.33. The topological polar surface area (TPSA) is 58.4 Å². The molecule has 104 valence electrons. The zero-order valence-electron chi connectivity index (χ0n) is 11.4. The summed E-state index contributed by atoms with van der Waals surface area (Å²) in [5.41, 5.74) is 5.61. The molecule has 1 unspecified atom stereocenters. The Morgan fingerprint density at radius 1 is 1.50 bits per heavy atom. The van der Waals surface area contributed by atoms with E-state index in [9.17, 15) is 4.79 Å². The number of hydrogen-bond acceptors (Lipinski definition) is 3. The van der Waals surface area contributed by atoms with Crippen molar-refractivity contribution in [2.45, 2.75) is 32.6 Å². The van der Waals surface area contributed by atoms with E-state index in [0.29, 0.717) is 10.9 Å². The van der Waals surface area contributed by atoms with Gasteiger partial charge >= 0.3 is 0 Å². The highest BCUT2D eigenvalue weighted by molar-refractivity contribution is 7.80. The van der Waals surface area contributed by atoms with E-state index in [1.165, 1.54) is 0 Å². The second kappa shape index (κ2) is 7.69. The fourth-order valence-corrected chi connectivity index (χ4v) is 2.55. The maximum atomic E-state index is 12.0. The number of piperidine rings is 1. The van der Waals surface area contributed by atoms with Crippen LogP contribution in [0.4, 0.5) is 0 Å². The minimum absolute atomic E-state index is 0.00304. The number of carbonyl (C=O) groups excluding carboxylic acids is 1. The summed E-state index contributed by atoms with van der Waals surface area (Å²) >= 11 is 4.96.